The van der Waals surface area contributed by atoms with Gasteiger partial charge in [0.2, 0.25) is 0 Å². The van der Waals surface area contributed by atoms with Crippen LogP contribution < -0.4 is 0 Å². The van der Waals surface area contributed by atoms with Crippen LogP contribution in [-0.4, -0.2) is 37.3 Å². The van der Waals surface area contributed by atoms with E-state index in [9.17, 15) is 9.59 Å². The zero-order valence-electron chi connectivity index (χ0n) is 12.8. The average molecular weight is 379 g/mol. The Bertz CT molecular complexity index is 271. The van der Waals surface area contributed by atoms with Gasteiger partial charge in [-0.25, -0.2) is 0 Å². The summed E-state index contributed by atoms with van der Waals surface area (Å²) < 4.78 is 13.8. The first-order valence-electron chi connectivity index (χ1n) is 7.28. The second kappa shape index (κ2) is 10.5. The van der Waals surface area contributed by atoms with Crippen molar-refractivity contribution < 1.29 is 17.4 Å². The molecule has 0 N–H and O–H groups in total. The molecule has 0 spiro atoms. The Morgan fingerprint density at radius 1 is 0.895 bits per heavy atom. The molecule has 0 atom stereocenters. The fraction of sp³-hybridized carbons (Fsp3) is 0.857. The third-order valence-electron chi connectivity index (χ3n) is 3.20. The van der Waals surface area contributed by atoms with Crippen LogP contribution in [0.5, 0.6) is 0 Å². The number of hydrogen-bond donors (Lipinski definition) is 0. The molecule has 112 valence electrons. The third-order valence-corrected chi connectivity index (χ3v) is 15.7. The summed E-state index contributed by atoms with van der Waals surface area (Å²) in [7, 11) is 0. The molecule has 0 fully saturated rings. The zero-order valence-corrected chi connectivity index (χ0v) is 15.6. The molecule has 0 aliphatic rings. The third kappa shape index (κ3) is 9.30. The summed E-state index contributed by atoms with van der Waals surface area (Å²) >= 11 is -2.93. The summed E-state index contributed by atoms with van der Waals surface area (Å²) in [5.41, 5.74) is 0. The molecule has 0 aromatic heterocycles. The van der Waals surface area contributed by atoms with E-state index in [1.165, 1.54) is 13.8 Å². The molecule has 0 amide bonds. The predicted octanol–water partition coefficient (Wildman–Crippen LogP) is 3.66. The van der Waals surface area contributed by atoms with Gasteiger partial charge in [-0.3, -0.25) is 0 Å². The van der Waals surface area contributed by atoms with Crippen LogP contribution in [-0.2, 0) is 17.4 Å². The van der Waals surface area contributed by atoms with Crippen molar-refractivity contribution in [3.63, 3.8) is 0 Å². The number of unbranched alkanes of at least 4 members (excludes halogenated alkanes) is 2. The van der Waals surface area contributed by atoms with Crippen molar-refractivity contribution in [2.24, 2.45) is 0 Å². The van der Waals surface area contributed by atoms with E-state index < -0.39 is 18.8 Å². The van der Waals surface area contributed by atoms with Crippen LogP contribution in [0.25, 0.3) is 0 Å². The fourth-order valence-corrected chi connectivity index (χ4v) is 14.0. The Morgan fingerprint density at radius 2 is 1.42 bits per heavy atom. The van der Waals surface area contributed by atoms with Crippen molar-refractivity contribution in [3.8, 4) is 0 Å². The van der Waals surface area contributed by atoms with Crippen molar-refractivity contribution in [1.82, 2.24) is 0 Å². The number of ether oxygens (including phenoxy) is 1. The van der Waals surface area contributed by atoms with Gasteiger partial charge in [0, 0.05) is 0 Å². The number of carbonyl (C=O) groups excluding carboxylic acids is 2. The molecule has 0 saturated heterocycles. The van der Waals surface area contributed by atoms with Crippen LogP contribution in [0.3, 0.4) is 0 Å². The molecule has 0 aliphatic heterocycles. The van der Waals surface area contributed by atoms with Crippen molar-refractivity contribution in [1.29, 1.82) is 0 Å². The maximum atomic E-state index is 11.4. The van der Waals surface area contributed by atoms with Gasteiger partial charge >= 0.3 is 121 Å². The van der Waals surface area contributed by atoms with Crippen LogP contribution in [0.2, 0.25) is 13.3 Å². The molecule has 0 bridgehead atoms. The van der Waals surface area contributed by atoms with Crippen molar-refractivity contribution in [3.05, 3.63) is 0 Å². The summed E-state index contributed by atoms with van der Waals surface area (Å²) in [5, 5.41) is 0. The van der Waals surface area contributed by atoms with E-state index in [1.807, 2.05) is 0 Å². The summed E-state index contributed by atoms with van der Waals surface area (Å²) in [6.45, 7) is 7.62. The van der Waals surface area contributed by atoms with Gasteiger partial charge in [0.05, 0.1) is 0 Å². The molecule has 4 nitrogen and oxygen atoms in total. The Morgan fingerprint density at radius 3 is 1.79 bits per heavy atom. The molecular formula is C14H28O4Sn. The van der Waals surface area contributed by atoms with Gasteiger partial charge < -0.3 is 0 Å². The van der Waals surface area contributed by atoms with E-state index in [2.05, 4.69) is 13.8 Å². The first-order chi connectivity index (χ1) is 8.95. The summed E-state index contributed by atoms with van der Waals surface area (Å²) in [5.74, 6) is -0.417. The number of hydrogen-bond acceptors (Lipinski definition) is 4. The first kappa shape index (κ1) is 18.7. The topological polar surface area (TPSA) is 52.6 Å². The molecule has 0 rings (SSSR count). The quantitative estimate of drug-likeness (QED) is 0.430. The van der Waals surface area contributed by atoms with Crippen LogP contribution in [0.15, 0.2) is 0 Å². The molecule has 0 unspecified atom stereocenters. The van der Waals surface area contributed by atoms with E-state index in [1.54, 1.807) is 0 Å². The Labute approximate surface area is 121 Å². The van der Waals surface area contributed by atoms with Crippen LogP contribution in [0.4, 0.5) is 0 Å². The van der Waals surface area contributed by atoms with Crippen LogP contribution in [0, 0.1) is 0 Å². The number of rotatable bonds is 10. The Kier molecular flexibility index (Phi) is 10.4. The van der Waals surface area contributed by atoms with E-state index in [0.717, 1.165) is 39.0 Å². The number of esters is 1. The van der Waals surface area contributed by atoms with Gasteiger partial charge in [-0.2, -0.15) is 0 Å². The molecule has 0 heterocycles. The molecule has 0 aliphatic carbocycles. The summed E-state index contributed by atoms with van der Waals surface area (Å²) in [6.07, 6.45) is 4.43. The minimum absolute atomic E-state index is 0.161. The second-order valence-corrected chi connectivity index (χ2v) is 16.7. The van der Waals surface area contributed by atoms with E-state index in [-0.39, 0.29) is 11.9 Å². The summed E-state index contributed by atoms with van der Waals surface area (Å²) in [6, 6.07) is 0. The van der Waals surface area contributed by atoms with Crippen molar-refractivity contribution in [2.45, 2.75) is 66.7 Å². The molecule has 0 radical (unpaired) electrons. The Hall–Kier alpha value is -0.261. The van der Waals surface area contributed by atoms with Gasteiger partial charge in [-0.15, -0.1) is 0 Å². The monoisotopic (exact) mass is 380 g/mol. The fourth-order valence-electron chi connectivity index (χ4n) is 2.21. The molecule has 0 aromatic rings. The predicted molar refractivity (Wildman–Crippen MR) is 78.4 cm³/mol. The zero-order chi connectivity index (χ0) is 14.7. The second-order valence-electron chi connectivity index (χ2n) is 5.07. The average Bonchev–Trinajstić information content (AvgIpc) is 2.32. The van der Waals surface area contributed by atoms with E-state index in [0.29, 0.717) is 6.61 Å². The van der Waals surface area contributed by atoms with Gasteiger partial charge in [-0.05, 0) is 0 Å². The standard InChI is InChI=1S/C4H7O2.2C4H9.C2H4O2.Sn/c1-3-6-4(2)5;2*1-3-4-2;1-2(3)4;/h1,3H2,2H3;2*1,3-4H2,2H3;1H3,(H,3,4);/q;;;;+1/p-1. The van der Waals surface area contributed by atoms with Gasteiger partial charge in [0.1, 0.15) is 0 Å². The van der Waals surface area contributed by atoms with Gasteiger partial charge in [0.15, 0.2) is 0 Å². The molecule has 0 aromatic carbocycles. The van der Waals surface area contributed by atoms with Crippen LogP contribution >= 0.6 is 0 Å². The van der Waals surface area contributed by atoms with Crippen molar-refractivity contribution in [2.75, 3.05) is 6.61 Å². The first-order valence-corrected chi connectivity index (χ1v) is 14.5. The minimum atomic E-state index is -2.93. The molecule has 5 heteroatoms. The normalized spacial score (nSPS) is 11.2. The SMILES string of the molecule is CCC[CH2][Sn]([CH2]CCC)([CH2]COC(C)=O)[O]C(C)=O. The summed E-state index contributed by atoms with van der Waals surface area (Å²) in [4.78, 5) is 22.3. The van der Waals surface area contributed by atoms with E-state index >= 15 is 0 Å². The van der Waals surface area contributed by atoms with E-state index in [4.69, 9.17) is 7.81 Å². The molecule has 19 heavy (non-hydrogen) atoms. The van der Waals surface area contributed by atoms with Crippen LogP contribution in [0.1, 0.15) is 53.4 Å². The molecular weight excluding hydrogens is 351 g/mol. The Balaban J connectivity index is 4.66. The molecule has 0 saturated carbocycles. The van der Waals surface area contributed by atoms with Gasteiger partial charge in [0.25, 0.3) is 0 Å². The maximum absolute atomic E-state index is 11.4. The number of carbonyl (C=O) groups is 2. The van der Waals surface area contributed by atoms with Gasteiger partial charge in [-0.1, -0.05) is 0 Å². The van der Waals surface area contributed by atoms with Crippen molar-refractivity contribution >= 4 is 30.7 Å².